The van der Waals surface area contributed by atoms with E-state index in [2.05, 4.69) is 76.6 Å². The van der Waals surface area contributed by atoms with Crippen LogP contribution in [0.25, 0.3) is 12.2 Å². The third kappa shape index (κ3) is 4.15. The molecule has 2 rings (SSSR count). The summed E-state index contributed by atoms with van der Waals surface area (Å²) in [6.45, 7) is 0. The molecule has 0 aliphatic carbocycles. The predicted octanol–water partition coefficient (Wildman–Crippen LogP) is 5.18. The number of alkyl halides is 1. The number of benzene rings is 2. The molecule has 0 amide bonds. The Balaban J connectivity index is 2.00. The molecule has 92 valence electrons. The standard InChI is InChI=1S/C17H17Br/c18-14-4-7-16-9-12-17(13-10-16)11-8-15-5-2-1-3-6-15/h1-3,5-6,8-13H,4,7,14H2. The van der Waals surface area contributed by atoms with Crippen molar-refractivity contribution in [2.75, 3.05) is 5.33 Å². The molecule has 0 nitrogen and oxygen atoms in total. The summed E-state index contributed by atoms with van der Waals surface area (Å²) in [5, 5.41) is 1.07. The van der Waals surface area contributed by atoms with E-state index >= 15 is 0 Å². The van der Waals surface area contributed by atoms with E-state index in [0.717, 1.165) is 11.8 Å². The highest BCUT2D eigenvalue weighted by Gasteiger charge is 1.92. The molecule has 0 unspecified atom stereocenters. The lowest BCUT2D eigenvalue weighted by Crippen LogP contribution is -1.85. The molecule has 0 heterocycles. The van der Waals surface area contributed by atoms with Crippen LogP contribution in [-0.2, 0) is 6.42 Å². The average Bonchev–Trinajstić information content (AvgIpc) is 2.45. The Morgan fingerprint density at radius 2 is 1.39 bits per heavy atom. The molecular weight excluding hydrogens is 284 g/mol. The van der Waals surface area contributed by atoms with Crippen molar-refractivity contribution in [2.45, 2.75) is 12.8 Å². The van der Waals surface area contributed by atoms with Crippen molar-refractivity contribution in [3.8, 4) is 0 Å². The molecule has 0 saturated carbocycles. The summed E-state index contributed by atoms with van der Waals surface area (Å²) < 4.78 is 0. The molecule has 0 aliphatic rings. The van der Waals surface area contributed by atoms with Crippen LogP contribution in [0.15, 0.2) is 54.6 Å². The number of aryl methyl sites for hydroxylation is 1. The molecule has 0 aliphatic heterocycles. The monoisotopic (exact) mass is 300 g/mol. The van der Waals surface area contributed by atoms with Gasteiger partial charge in [-0.2, -0.15) is 0 Å². The summed E-state index contributed by atoms with van der Waals surface area (Å²) in [5.74, 6) is 0. The Labute approximate surface area is 117 Å². The first-order valence-corrected chi connectivity index (χ1v) is 7.39. The van der Waals surface area contributed by atoms with Gasteiger partial charge in [0.15, 0.2) is 0 Å². The van der Waals surface area contributed by atoms with Gasteiger partial charge < -0.3 is 0 Å². The Bertz CT molecular complexity index is 483. The third-order valence-corrected chi connectivity index (χ3v) is 3.41. The Morgan fingerprint density at radius 3 is 2.00 bits per heavy atom. The van der Waals surface area contributed by atoms with E-state index in [4.69, 9.17) is 0 Å². The molecule has 0 fully saturated rings. The quantitative estimate of drug-likeness (QED) is 0.527. The summed E-state index contributed by atoms with van der Waals surface area (Å²) >= 11 is 3.46. The van der Waals surface area contributed by atoms with Crippen LogP contribution in [0.1, 0.15) is 23.1 Å². The van der Waals surface area contributed by atoms with E-state index in [1.807, 2.05) is 6.07 Å². The average molecular weight is 301 g/mol. The van der Waals surface area contributed by atoms with Crippen LogP contribution >= 0.6 is 15.9 Å². The van der Waals surface area contributed by atoms with Crippen molar-refractivity contribution in [1.29, 1.82) is 0 Å². The first-order valence-electron chi connectivity index (χ1n) is 6.26. The third-order valence-electron chi connectivity index (χ3n) is 2.85. The van der Waals surface area contributed by atoms with Gasteiger partial charge in [-0.05, 0) is 29.5 Å². The van der Waals surface area contributed by atoms with Gasteiger partial charge in [-0.1, -0.05) is 82.7 Å². The normalized spacial score (nSPS) is 10.9. The number of hydrogen-bond donors (Lipinski definition) is 0. The Morgan fingerprint density at radius 1 is 0.778 bits per heavy atom. The molecule has 2 aromatic rings. The van der Waals surface area contributed by atoms with E-state index in [1.165, 1.54) is 23.1 Å². The maximum absolute atomic E-state index is 3.46. The second-order valence-electron chi connectivity index (χ2n) is 4.28. The Kier molecular flexibility index (Phi) is 5.22. The van der Waals surface area contributed by atoms with Gasteiger partial charge in [0.1, 0.15) is 0 Å². The number of rotatable bonds is 5. The van der Waals surface area contributed by atoms with Crippen molar-refractivity contribution in [3.05, 3.63) is 71.3 Å². The zero-order valence-corrected chi connectivity index (χ0v) is 11.9. The van der Waals surface area contributed by atoms with E-state index < -0.39 is 0 Å². The predicted molar refractivity (Wildman–Crippen MR) is 83.9 cm³/mol. The van der Waals surface area contributed by atoms with Crippen LogP contribution in [0.5, 0.6) is 0 Å². The van der Waals surface area contributed by atoms with Crippen LogP contribution < -0.4 is 0 Å². The first kappa shape index (κ1) is 13.1. The van der Waals surface area contributed by atoms with Crippen LogP contribution in [0.2, 0.25) is 0 Å². The lowest BCUT2D eigenvalue weighted by molar-refractivity contribution is 0.939. The SMILES string of the molecule is BrCCCc1ccc(C=Cc2ccccc2)cc1. The minimum Gasteiger partial charge on any atom is -0.0928 e. The molecule has 18 heavy (non-hydrogen) atoms. The van der Waals surface area contributed by atoms with E-state index in [9.17, 15) is 0 Å². The molecule has 0 spiro atoms. The minimum atomic E-state index is 1.07. The zero-order chi connectivity index (χ0) is 12.6. The fourth-order valence-corrected chi connectivity index (χ4v) is 2.10. The summed E-state index contributed by atoms with van der Waals surface area (Å²) in [4.78, 5) is 0. The Hall–Kier alpha value is -1.34. The molecule has 0 aromatic heterocycles. The molecule has 1 heteroatoms. The number of hydrogen-bond acceptors (Lipinski definition) is 0. The van der Waals surface area contributed by atoms with Crippen LogP contribution in [0, 0.1) is 0 Å². The van der Waals surface area contributed by atoms with Gasteiger partial charge in [-0.25, -0.2) is 0 Å². The largest absolute Gasteiger partial charge is 0.0928 e. The van der Waals surface area contributed by atoms with Gasteiger partial charge in [0.05, 0.1) is 0 Å². The summed E-state index contributed by atoms with van der Waals surface area (Å²) in [7, 11) is 0. The van der Waals surface area contributed by atoms with Gasteiger partial charge in [0.25, 0.3) is 0 Å². The molecule has 0 bridgehead atoms. The summed E-state index contributed by atoms with van der Waals surface area (Å²) in [5.41, 5.74) is 3.90. The fourth-order valence-electron chi connectivity index (χ4n) is 1.82. The van der Waals surface area contributed by atoms with Crippen LogP contribution in [0.4, 0.5) is 0 Å². The highest BCUT2D eigenvalue weighted by atomic mass is 79.9. The lowest BCUT2D eigenvalue weighted by Gasteiger charge is -2.00. The highest BCUT2D eigenvalue weighted by Crippen LogP contribution is 2.11. The van der Waals surface area contributed by atoms with E-state index in [1.54, 1.807) is 0 Å². The van der Waals surface area contributed by atoms with Gasteiger partial charge in [-0.15, -0.1) is 0 Å². The minimum absolute atomic E-state index is 1.07. The second-order valence-corrected chi connectivity index (χ2v) is 5.07. The van der Waals surface area contributed by atoms with Gasteiger partial charge in [0.2, 0.25) is 0 Å². The van der Waals surface area contributed by atoms with Gasteiger partial charge >= 0.3 is 0 Å². The second kappa shape index (κ2) is 7.17. The maximum Gasteiger partial charge on any atom is 0.00344 e. The first-order chi connectivity index (χ1) is 8.88. The van der Waals surface area contributed by atoms with E-state index in [-0.39, 0.29) is 0 Å². The zero-order valence-electron chi connectivity index (χ0n) is 10.4. The molecule has 2 aromatic carbocycles. The lowest BCUT2D eigenvalue weighted by atomic mass is 10.1. The van der Waals surface area contributed by atoms with Crippen molar-refractivity contribution < 1.29 is 0 Å². The van der Waals surface area contributed by atoms with Gasteiger partial charge in [-0.3, -0.25) is 0 Å². The number of halogens is 1. The van der Waals surface area contributed by atoms with E-state index in [0.29, 0.717) is 0 Å². The molecule has 0 radical (unpaired) electrons. The summed E-state index contributed by atoms with van der Waals surface area (Å²) in [6.07, 6.45) is 6.64. The van der Waals surface area contributed by atoms with Crippen molar-refractivity contribution in [3.63, 3.8) is 0 Å². The smallest absolute Gasteiger partial charge is 0.00344 e. The van der Waals surface area contributed by atoms with Crippen molar-refractivity contribution >= 4 is 28.1 Å². The highest BCUT2D eigenvalue weighted by molar-refractivity contribution is 9.09. The van der Waals surface area contributed by atoms with Crippen molar-refractivity contribution in [2.24, 2.45) is 0 Å². The van der Waals surface area contributed by atoms with Crippen molar-refractivity contribution in [1.82, 2.24) is 0 Å². The topological polar surface area (TPSA) is 0 Å². The molecular formula is C17H17Br. The van der Waals surface area contributed by atoms with Gasteiger partial charge in [0, 0.05) is 5.33 Å². The molecule has 0 saturated heterocycles. The fraction of sp³-hybridized carbons (Fsp3) is 0.176. The van der Waals surface area contributed by atoms with Crippen LogP contribution in [0.3, 0.4) is 0 Å². The molecule has 0 atom stereocenters. The van der Waals surface area contributed by atoms with Crippen LogP contribution in [-0.4, -0.2) is 5.33 Å². The summed E-state index contributed by atoms with van der Waals surface area (Å²) in [6, 6.07) is 19.2. The molecule has 0 N–H and O–H groups in total. The maximum atomic E-state index is 3.46.